The molecule has 0 spiro atoms. The van der Waals surface area contributed by atoms with Gasteiger partial charge >= 0.3 is 0 Å². The van der Waals surface area contributed by atoms with Crippen molar-refractivity contribution in [2.75, 3.05) is 13.7 Å². The van der Waals surface area contributed by atoms with Gasteiger partial charge in [-0.3, -0.25) is 4.90 Å². The Morgan fingerprint density at radius 1 is 0.931 bits per heavy atom. The van der Waals surface area contributed by atoms with Crippen LogP contribution in [0.1, 0.15) is 23.1 Å². The van der Waals surface area contributed by atoms with Crippen LogP contribution in [-0.4, -0.2) is 18.6 Å². The molecule has 3 nitrogen and oxygen atoms in total. The number of aryl methyl sites for hydroxylation is 1. The number of ether oxygens (including phenoxy) is 1. The maximum Gasteiger partial charge on any atom is 0.176 e. The zero-order valence-corrected chi connectivity index (χ0v) is 16.7. The minimum absolute atomic E-state index is 0.784. The van der Waals surface area contributed by atoms with Crippen LogP contribution in [0.15, 0.2) is 77.2 Å². The molecule has 4 aromatic rings. The van der Waals surface area contributed by atoms with E-state index in [1.165, 1.54) is 23.1 Å². The van der Waals surface area contributed by atoms with Crippen LogP contribution in [-0.2, 0) is 19.5 Å². The average Bonchev–Trinajstić information content (AvgIpc) is 3.11. The van der Waals surface area contributed by atoms with E-state index >= 15 is 0 Å². The van der Waals surface area contributed by atoms with Crippen LogP contribution in [0.4, 0.5) is 0 Å². The first-order valence-electron chi connectivity index (χ1n) is 10.3. The zero-order chi connectivity index (χ0) is 19.6. The van der Waals surface area contributed by atoms with Gasteiger partial charge in [0, 0.05) is 24.0 Å². The Bertz CT molecular complexity index is 1130. The smallest absolute Gasteiger partial charge is 0.176 e. The molecule has 0 saturated carbocycles. The lowest BCUT2D eigenvalue weighted by Gasteiger charge is -2.21. The summed E-state index contributed by atoms with van der Waals surface area (Å²) in [5.41, 5.74) is 6.14. The normalized spacial score (nSPS) is 14.5. The number of fused-ring (bicyclic) bond motifs is 2. The van der Waals surface area contributed by atoms with Gasteiger partial charge in [0.2, 0.25) is 0 Å². The second kappa shape index (κ2) is 7.76. The summed E-state index contributed by atoms with van der Waals surface area (Å²) >= 11 is 0. The van der Waals surface area contributed by atoms with Gasteiger partial charge in [-0.15, -0.1) is 0 Å². The van der Waals surface area contributed by atoms with Gasteiger partial charge < -0.3 is 9.15 Å². The minimum Gasteiger partial charge on any atom is -0.493 e. The molecule has 0 bridgehead atoms. The van der Waals surface area contributed by atoms with Gasteiger partial charge in [-0.25, -0.2) is 0 Å². The highest BCUT2D eigenvalue weighted by Crippen LogP contribution is 2.36. The monoisotopic (exact) mass is 383 g/mol. The Morgan fingerprint density at radius 2 is 1.72 bits per heavy atom. The van der Waals surface area contributed by atoms with Crippen molar-refractivity contribution in [2.24, 2.45) is 0 Å². The van der Waals surface area contributed by atoms with Crippen molar-refractivity contribution in [3.63, 3.8) is 0 Å². The van der Waals surface area contributed by atoms with Gasteiger partial charge in [0.1, 0.15) is 5.76 Å². The maximum atomic E-state index is 6.24. The molecule has 0 aliphatic carbocycles. The van der Waals surface area contributed by atoms with Gasteiger partial charge in [0.25, 0.3) is 0 Å². The quantitative estimate of drug-likeness (QED) is 0.428. The first kappa shape index (κ1) is 18.0. The predicted molar refractivity (Wildman–Crippen MR) is 117 cm³/mol. The molecule has 0 saturated heterocycles. The van der Waals surface area contributed by atoms with E-state index in [0.29, 0.717) is 0 Å². The Kier molecular flexibility index (Phi) is 4.82. The molecule has 29 heavy (non-hydrogen) atoms. The Balaban J connectivity index is 1.51. The first-order chi connectivity index (χ1) is 14.3. The van der Waals surface area contributed by atoms with Gasteiger partial charge in [0.05, 0.1) is 7.11 Å². The van der Waals surface area contributed by atoms with Crippen molar-refractivity contribution >= 4 is 11.0 Å². The van der Waals surface area contributed by atoms with Gasteiger partial charge in [-0.2, -0.15) is 0 Å². The standard InChI is InChI=1S/C26H25NO2/c1-28-24-14-13-22(18-27-15-7-12-19-8-5-6-11-21(19)17-27)23-16-25(29-26(23)24)20-9-3-2-4-10-20/h2-6,8-11,13-14,16H,7,12,15,17-18H2,1H3. The lowest BCUT2D eigenvalue weighted by molar-refractivity contribution is 0.262. The summed E-state index contributed by atoms with van der Waals surface area (Å²) in [7, 11) is 1.70. The van der Waals surface area contributed by atoms with E-state index in [2.05, 4.69) is 53.4 Å². The number of hydrogen-bond donors (Lipinski definition) is 0. The molecule has 0 atom stereocenters. The molecule has 0 N–H and O–H groups in total. The third-order valence-corrected chi connectivity index (χ3v) is 5.84. The third-order valence-electron chi connectivity index (χ3n) is 5.84. The molecular weight excluding hydrogens is 358 g/mol. The number of nitrogens with zero attached hydrogens (tertiary/aromatic N) is 1. The molecule has 146 valence electrons. The SMILES string of the molecule is COc1ccc(CN2CCCc3ccccc3C2)c2cc(-c3ccccc3)oc12. The van der Waals surface area contributed by atoms with Gasteiger partial charge in [0.15, 0.2) is 11.3 Å². The molecule has 5 rings (SSSR count). The molecule has 2 heterocycles. The predicted octanol–water partition coefficient (Wildman–Crippen LogP) is 6.06. The summed E-state index contributed by atoms with van der Waals surface area (Å²) in [4.78, 5) is 2.54. The van der Waals surface area contributed by atoms with E-state index in [-0.39, 0.29) is 0 Å². The summed E-state index contributed by atoms with van der Waals surface area (Å²) in [5, 5.41) is 1.14. The summed E-state index contributed by atoms with van der Waals surface area (Å²) in [5.74, 6) is 1.67. The molecule has 0 radical (unpaired) electrons. The first-order valence-corrected chi connectivity index (χ1v) is 10.3. The van der Waals surface area contributed by atoms with E-state index in [9.17, 15) is 0 Å². The van der Waals surface area contributed by atoms with Crippen molar-refractivity contribution in [3.8, 4) is 17.1 Å². The Labute approximate surface area is 171 Å². The number of benzene rings is 3. The third kappa shape index (κ3) is 3.54. The lowest BCUT2D eigenvalue weighted by atomic mass is 10.0. The number of methoxy groups -OCH3 is 1. The fraction of sp³-hybridized carbons (Fsp3) is 0.231. The molecule has 1 aliphatic heterocycles. The summed E-state index contributed by atoms with van der Waals surface area (Å²) in [6.07, 6.45) is 2.35. The van der Waals surface area contributed by atoms with Crippen LogP contribution in [0.5, 0.6) is 5.75 Å². The summed E-state index contributed by atoms with van der Waals surface area (Å²) < 4.78 is 11.8. The topological polar surface area (TPSA) is 25.6 Å². The van der Waals surface area contributed by atoms with Crippen molar-refractivity contribution in [1.82, 2.24) is 4.90 Å². The Morgan fingerprint density at radius 3 is 2.55 bits per heavy atom. The molecule has 0 fully saturated rings. The second-order valence-electron chi connectivity index (χ2n) is 7.73. The number of furan rings is 1. The highest BCUT2D eigenvalue weighted by molar-refractivity contribution is 5.90. The lowest BCUT2D eigenvalue weighted by Crippen LogP contribution is -2.22. The number of rotatable bonds is 4. The van der Waals surface area contributed by atoms with E-state index in [0.717, 1.165) is 54.1 Å². The minimum atomic E-state index is 0.784. The largest absolute Gasteiger partial charge is 0.493 e. The van der Waals surface area contributed by atoms with Crippen molar-refractivity contribution in [1.29, 1.82) is 0 Å². The highest BCUT2D eigenvalue weighted by Gasteiger charge is 2.18. The van der Waals surface area contributed by atoms with Crippen LogP contribution < -0.4 is 4.74 Å². The van der Waals surface area contributed by atoms with Crippen molar-refractivity contribution in [3.05, 3.63) is 89.5 Å². The van der Waals surface area contributed by atoms with E-state index in [4.69, 9.17) is 9.15 Å². The average molecular weight is 383 g/mol. The molecule has 0 amide bonds. The molecular formula is C26H25NO2. The van der Waals surface area contributed by atoms with Gasteiger partial charge in [-0.05, 0) is 48.2 Å². The van der Waals surface area contributed by atoms with Crippen molar-refractivity contribution < 1.29 is 9.15 Å². The van der Waals surface area contributed by atoms with Crippen LogP contribution in [0.3, 0.4) is 0 Å². The van der Waals surface area contributed by atoms with Crippen LogP contribution in [0.2, 0.25) is 0 Å². The fourth-order valence-electron chi connectivity index (χ4n) is 4.34. The van der Waals surface area contributed by atoms with E-state index in [1.807, 2.05) is 24.3 Å². The van der Waals surface area contributed by atoms with Crippen LogP contribution in [0, 0.1) is 0 Å². The molecule has 3 aromatic carbocycles. The van der Waals surface area contributed by atoms with Crippen LogP contribution >= 0.6 is 0 Å². The molecule has 1 aromatic heterocycles. The van der Waals surface area contributed by atoms with E-state index in [1.54, 1.807) is 7.11 Å². The zero-order valence-electron chi connectivity index (χ0n) is 16.7. The number of hydrogen-bond acceptors (Lipinski definition) is 3. The highest BCUT2D eigenvalue weighted by atomic mass is 16.5. The summed E-state index contributed by atoms with van der Waals surface area (Å²) in [6, 6.07) is 25.5. The molecule has 0 unspecified atom stereocenters. The van der Waals surface area contributed by atoms with E-state index < -0.39 is 0 Å². The second-order valence-corrected chi connectivity index (χ2v) is 7.73. The Hall–Kier alpha value is -3.04. The van der Waals surface area contributed by atoms with Gasteiger partial charge in [-0.1, -0.05) is 60.7 Å². The van der Waals surface area contributed by atoms with Crippen molar-refractivity contribution in [2.45, 2.75) is 25.9 Å². The molecule has 1 aliphatic rings. The fourth-order valence-corrected chi connectivity index (χ4v) is 4.34. The summed E-state index contributed by atoms with van der Waals surface area (Å²) in [6.45, 7) is 3.00. The molecule has 3 heteroatoms. The maximum absolute atomic E-state index is 6.24. The van der Waals surface area contributed by atoms with Crippen LogP contribution in [0.25, 0.3) is 22.3 Å².